The molecule has 0 aliphatic carbocycles. The van der Waals surface area contributed by atoms with Crippen LogP contribution in [0.1, 0.15) is 30.5 Å². The van der Waals surface area contributed by atoms with Gasteiger partial charge in [-0.3, -0.25) is 24.0 Å². The normalized spacial score (nSPS) is 12.6. The third kappa shape index (κ3) is 9.88. The zero-order chi connectivity index (χ0) is 30.5. The van der Waals surface area contributed by atoms with Gasteiger partial charge in [-0.05, 0) is 35.7 Å². The second-order valence-corrected chi connectivity index (χ2v) is 9.82. The third-order valence-electron chi connectivity index (χ3n) is 6.48. The molecule has 10 heteroatoms. The van der Waals surface area contributed by atoms with Gasteiger partial charge in [-0.2, -0.15) is 0 Å². The van der Waals surface area contributed by atoms with Crippen LogP contribution in [0.25, 0.3) is 0 Å². The van der Waals surface area contributed by atoms with Crippen molar-refractivity contribution < 1.29 is 28.7 Å². The van der Waals surface area contributed by atoms with Crippen LogP contribution in [0.15, 0.2) is 84.9 Å². The molecule has 0 aromatic heterocycles. The minimum absolute atomic E-state index is 0.0651. The summed E-state index contributed by atoms with van der Waals surface area (Å²) < 4.78 is 5.20. The van der Waals surface area contributed by atoms with Crippen LogP contribution < -0.4 is 26.0 Å². The van der Waals surface area contributed by atoms with E-state index in [1.54, 1.807) is 48.5 Å². The van der Waals surface area contributed by atoms with E-state index in [1.165, 1.54) is 21.0 Å². The van der Waals surface area contributed by atoms with Crippen LogP contribution in [0.4, 0.5) is 0 Å². The van der Waals surface area contributed by atoms with Crippen molar-refractivity contribution in [3.63, 3.8) is 0 Å². The molecule has 0 saturated carbocycles. The predicted octanol–water partition coefficient (Wildman–Crippen LogP) is 1.86. The second-order valence-electron chi connectivity index (χ2n) is 9.82. The number of rotatable bonds is 14. The Morgan fingerprint density at radius 2 is 1.19 bits per heavy atom. The molecule has 0 heterocycles. The number of nitrogens with one attached hydrogen (secondary N) is 4. The molecular formula is C32H36N4O6. The molecule has 3 aromatic carbocycles. The molecule has 0 aliphatic rings. The molecule has 0 bridgehead atoms. The van der Waals surface area contributed by atoms with Gasteiger partial charge in [0.15, 0.2) is 0 Å². The number of hydrogen-bond donors (Lipinski definition) is 4. The van der Waals surface area contributed by atoms with Gasteiger partial charge in [0.25, 0.3) is 5.91 Å². The zero-order valence-corrected chi connectivity index (χ0v) is 23.9. The monoisotopic (exact) mass is 572 g/mol. The van der Waals surface area contributed by atoms with E-state index < -0.39 is 47.5 Å². The summed E-state index contributed by atoms with van der Waals surface area (Å²) >= 11 is 0. The Morgan fingerprint density at radius 1 is 0.667 bits per heavy atom. The van der Waals surface area contributed by atoms with Gasteiger partial charge in [0.05, 0.1) is 7.11 Å². The van der Waals surface area contributed by atoms with Crippen molar-refractivity contribution in [3.8, 4) is 5.75 Å². The van der Waals surface area contributed by atoms with Crippen LogP contribution in [0.3, 0.4) is 0 Å². The molecular weight excluding hydrogens is 536 g/mol. The van der Waals surface area contributed by atoms with Crippen LogP contribution in [0.2, 0.25) is 0 Å². The fourth-order valence-corrected chi connectivity index (χ4v) is 4.23. The quantitative estimate of drug-likeness (QED) is 0.217. The molecule has 3 rings (SSSR count). The SMILES string of the molecule is COc1ccc(CC(NC(=O)C(C)NC(C)=O)C(=O)NC(Cc2ccccc2)C(=O)C(=O)NCc2ccccc2)cc1. The molecule has 4 amide bonds. The van der Waals surface area contributed by atoms with Gasteiger partial charge in [0.2, 0.25) is 23.5 Å². The lowest BCUT2D eigenvalue weighted by atomic mass is 9.99. The average Bonchev–Trinajstić information content (AvgIpc) is 2.99. The van der Waals surface area contributed by atoms with Crippen LogP contribution in [0, 0.1) is 0 Å². The lowest BCUT2D eigenvalue weighted by Crippen LogP contribution is -2.57. The Labute approximate surface area is 245 Å². The number of amides is 4. The third-order valence-corrected chi connectivity index (χ3v) is 6.48. The minimum atomic E-state index is -1.20. The molecule has 3 aromatic rings. The van der Waals surface area contributed by atoms with E-state index in [2.05, 4.69) is 21.3 Å². The number of methoxy groups -OCH3 is 1. The van der Waals surface area contributed by atoms with Gasteiger partial charge in [-0.15, -0.1) is 0 Å². The van der Waals surface area contributed by atoms with Gasteiger partial charge in [-0.1, -0.05) is 72.8 Å². The largest absolute Gasteiger partial charge is 0.497 e. The maximum absolute atomic E-state index is 13.6. The smallest absolute Gasteiger partial charge is 0.289 e. The van der Waals surface area contributed by atoms with Crippen LogP contribution >= 0.6 is 0 Å². The highest BCUT2D eigenvalue weighted by Crippen LogP contribution is 2.14. The first kappa shape index (κ1) is 31.5. The zero-order valence-electron chi connectivity index (χ0n) is 23.9. The minimum Gasteiger partial charge on any atom is -0.497 e. The molecule has 0 saturated heterocycles. The summed E-state index contributed by atoms with van der Waals surface area (Å²) in [7, 11) is 1.54. The van der Waals surface area contributed by atoms with E-state index >= 15 is 0 Å². The predicted molar refractivity (Wildman–Crippen MR) is 157 cm³/mol. The summed E-state index contributed by atoms with van der Waals surface area (Å²) in [5.41, 5.74) is 2.27. The Bertz CT molecular complexity index is 1360. The highest BCUT2D eigenvalue weighted by atomic mass is 16.5. The molecule has 0 fully saturated rings. The average molecular weight is 573 g/mol. The summed E-state index contributed by atoms with van der Waals surface area (Å²) in [5.74, 6) is -2.66. The van der Waals surface area contributed by atoms with E-state index in [4.69, 9.17) is 4.74 Å². The van der Waals surface area contributed by atoms with Gasteiger partial charge >= 0.3 is 0 Å². The fraction of sp³-hybridized carbons (Fsp3) is 0.281. The maximum Gasteiger partial charge on any atom is 0.289 e. The number of Topliss-reactive ketones (excluding diaryl/α,β-unsaturated/α-hetero) is 1. The molecule has 0 aliphatic heterocycles. The summed E-state index contributed by atoms with van der Waals surface area (Å²) in [4.78, 5) is 64.2. The Hall–Kier alpha value is -4.99. The molecule has 3 atom stereocenters. The summed E-state index contributed by atoms with van der Waals surface area (Å²) in [6, 6.07) is 21.9. The van der Waals surface area contributed by atoms with Gasteiger partial charge in [0.1, 0.15) is 23.9 Å². The Morgan fingerprint density at radius 3 is 1.76 bits per heavy atom. The number of carbonyl (C=O) groups is 5. The summed E-state index contributed by atoms with van der Waals surface area (Å²) in [6.07, 6.45) is 0.149. The molecule has 42 heavy (non-hydrogen) atoms. The standard InChI is InChI=1S/C32H36N4O6/c1-21(34-22(2)37)30(39)36-28(19-24-14-16-26(42-3)17-15-24)31(40)35-27(18-23-10-6-4-7-11-23)29(38)32(41)33-20-25-12-8-5-9-13-25/h4-17,21,27-28H,18-20H2,1-3H3,(H,33,41)(H,34,37)(H,35,40)(H,36,39). The van der Waals surface area contributed by atoms with E-state index in [0.717, 1.165) is 16.7 Å². The van der Waals surface area contributed by atoms with Gasteiger partial charge in [-0.25, -0.2) is 0 Å². The first-order valence-corrected chi connectivity index (χ1v) is 13.6. The Balaban J connectivity index is 1.82. The lowest BCUT2D eigenvalue weighted by molar-refractivity contribution is -0.140. The van der Waals surface area contributed by atoms with Crippen molar-refractivity contribution in [2.24, 2.45) is 0 Å². The van der Waals surface area contributed by atoms with Crippen molar-refractivity contribution in [1.29, 1.82) is 0 Å². The number of ether oxygens (including phenoxy) is 1. The Kier molecular flexibility index (Phi) is 11.8. The van der Waals surface area contributed by atoms with E-state index in [1.807, 2.05) is 36.4 Å². The van der Waals surface area contributed by atoms with Crippen LogP contribution in [-0.4, -0.2) is 54.6 Å². The highest BCUT2D eigenvalue weighted by molar-refractivity contribution is 6.38. The molecule has 0 spiro atoms. The second kappa shape index (κ2) is 15.7. The number of hydrogen-bond acceptors (Lipinski definition) is 6. The molecule has 10 nitrogen and oxygen atoms in total. The summed E-state index contributed by atoms with van der Waals surface area (Å²) in [6.45, 7) is 2.93. The van der Waals surface area contributed by atoms with Crippen molar-refractivity contribution >= 4 is 29.4 Å². The number of ketones is 1. The van der Waals surface area contributed by atoms with Crippen LogP contribution in [-0.2, 0) is 43.4 Å². The first-order chi connectivity index (χ1) is 20.2. The number of benzene rings is 3. The molecule has 220 valence electrons. The summed E-state index contributed by atoms with van der Waals surface area (Å²) in [5, 5.41) is 10.5. The number of carbonyl (C=O) groups excluding carboxylic acids is 5. The molecule has 0 radical (unpaired) electrons. The molecule has 3 unspecified atom stereocenters. The van der Waals surface area contributed by atoms with Crippen molar-refractivity contribution in [2.75, 3.05) is 7.11 Å². The van der Waals surface area contributed by atoms with E-state index in [-0.39, 0.29) is 19.4 Å². The van der Waals surface area contributed by atoms with Gasteiger partial charge < -0.3 is 26.0 Å². The first-order valence-electron chi connectivity index (χ1n) is 13.6. The van der Waals surface area contributed by atoms with Crippen LogP contribution in [0.5, 0.6) is 5.75 Å². The van der Waals surface area contributed by atoms with Gasteiger partial charge in [0, 0.05) is 26.3 Å². The highest BCUT2D eigenvalue weighted by Gasteiger charge is 2.31. The topological polar surface area (TPSA) is 143 Å². The van der Waals surface area contributed by atoms with E-state index in [0.29, 0.717) is 5.75 Å². The van der Waals surface area contributed by atoms with E-state index in [9.17, 15) is 24.0 Å². The lowest BCUT2D eigenvalue weighted by Gasteiger charge is -2.24. The fourth-order valence-electron chi connectivity index (χ4n) is 4.23. The van der Waals surface area contributed by atoms with Crippen molar-refractivity contribution in [2.45, 2.75) is 51.4 Å². The molecule has 4 N–H and O–H groups in total. The van der Waals surface area contributed by atoms with Crippen molar-refractivity contribution in [1.82, 2.24) is 21.3 Å². The maximum atomic E-state index is 13.6. The van der Waals surface area contributed by atoms with Crippen molar-refractivity contribution in [3.05, 3.63) is 102 Å².